The molecule has 0 saturated carbocycles. The lowest BCUT2D eigenvalue weighted by molar-refractivity contribution is -0.924. The number of quaternary nitrogens is 1. The SMILES string of the molecule is C[C@@H]1CCc2c(sc3nc([C@H](C)[NH+](C)Cc4c(F)cccc4Cl)[nH]c(=O)c23)C1. The summed E-state index contributed by atoms with van der Waals surface area (Å²) in [4.78, 5) is 23.7. The molecule has 0 saturated heterocycles. The van der Waals surface area contributed by atoms with Crippen LogP contribution >= 0.6 is 22.9 Å². The van der Waals surface area contributed by atoms with Crippen molar-refractivity contribution in [1.82, 2.24) is 9.97 Å². The minimum atomic E-state index is -0.309. The summed E-state index contributed by atoms with van der Waals surface area (Å²) < 4.78 is 14.1. The number of nitrogens with zero attached hydrogens (tertiary/aromatic N) is 1. The monoisotopic (exact) mass is 420 g/mol. The summed E-state index contributed by atoms with van der Waals surface area (Å²) in [5.74, 6) is 0.976. The summed E-state index contributed by atoms with van der Waals surface area (Å²) in [5.41, 5.74) is 1.61. The zero-order valence-corrected chi connectivity index (χ0v) is 17.8. The zero-order valence-electron chi connectivity index (χ0n) is 16.2. The number of hydrogen-bond acceptors (Lipinski definition) is 3. The van der Waals surface area contributed by atoms with E-state index in [0.29, 0.717) is 28.9 Å². The van der Waals surface area contributed by atoms with Crippen molar-refractivity contribution in [2.24, 2.45) is 5.92 Å². The van der Waals surface area contributed by atoms with Gasteiger partial charge in [-0.25, -0.2) is 9.37 Å². The molecule has 2 N–H and O–H groups in total. The van der Waals surface area contributed by atoms with Gasteiger partial charge in [-0.05, 0) is 49.8 Å². The molecule has 4 rings (SSSR count). The van der Waals surface area contributed by atoms with Gasteiger partial charge in [0.15, 0.2) is 5.82 Å². The number of fused-ring (bicyclic) bond motifs is 3. The third kappa shape index (κ3) is 3.49. The molecule has 0 aliphatic heterocycles. The summed E-state index contributed by atoms with van der Waals surface area (Å²) in [6.45, 7) is 4.65. The van der Waals surface area contributed by atoms with Crippen LogP contribution in [0.5, 0.6) is 0 Å². The Balaban J connectivity index is 1.66. The second kappa shape index (κ2) is 7.58. The summed E-state index contributed by atoms with van der Waals surface area (Å²) >= 11 is 7.82. The van der Waals surface area contributed by atoms with E-state index in [1.54, 1.807) is 23.5 Å². The zero-order chi connectivity index (χ0) is 20.0. The first kappa shape index (κ1) is 19.6. The standard InChI is InChI=1S/C21H23ClFN3OS/c1-11-7-8-13-17(9-11)28-21-18(13)20(27)24-19(25-21)12(2)26(3)10-14-15(22)5-4-6-16(14)23/h4-6,11-12H,7-10H2,1-3H3,(H,24,25,27)/p+1/t11-,12+/m1/s1. The van der Waals surface area contributed by atoms with E-state index in [1.165, 1.54) is 16.5 Å². The van der Waals surface area contributed by atoms with Crippen molar-refractivity contribution >= 4 is 33.2 Å². The smallest absolute Gasteiger partial charge is 0.260 e. The number of rotatable bonds is 4. The second-order valence-corrected chi connectivity index (χ2v) is 9.42. The molecule has 1 aromatic carbocycles. The van der Waals surface area contributed by atoms with Gasteiger partial charge in [-0.1, -0.05) is 24.6 Å². The molecule has 1 aliphatic carbocycles. The Kier molecular flexibility index (Phi) is 5.29. The maximum absolute atomic E-state index is 14.1. The lowest BCUT2D eigenvalue weighted by Gasteiger charge is -2.21. The van der Waals surface area contributed by atoms with E-state index in [-0.39, 0.29) is 17.4 Å². The summed E-state index contributed by atoms with van der Waals surface area (Å²) in [7, 11) is 1.96. The van der Waals surface area contributed by atoms with Gasteiger partial charge in [-0.3, -0.25) is 4.79 Å². The van der Waals surface area contributed by atoms with Crippen molar-refractivity contribution in [3.05, 3.63) is 61.2 Å². The molecule has 2 heterocycles. The number of thiophene rings is 1. The minimum absolute atomic E-state index is 0.0596. The van der Waals surface area contributed by atoms with Gasteiger partial charge in [-0.15, -0.1) is 11.3 Å². The normalized spacial score (nSPS) is 18.8. The molecular formula is C21H24ClFN3OS+. The molecule has 0 spiro atoms. The summed E-state index contributed by atoms with van der Waals surface area (Å²) in [5, 5.41) is 1.18. The van der Waals surface area contributed by atoms with Crippen LogP contribution in [0.25, 0.3) is 10.2 Å². The first-order valence-electron chi connectivity index (χ1n) is 9.64. The van der Waals surface area contributed by atoms with Gasteiger partial charge in [0.2, 0.25) is 0 Å². The Morgan fingerprint density at radius 1 is 1.46 bits per heavy atom. The van der Waals surface area contributed by atoms with Gasteiger partial charge in [-0.2, -0.15) is 0 Å². The highest BCUT2D eigenvalue weighted by Gasteiger charge is 2.26. The van der Waals surface area contributed by atoms with Crippen molar-refractivity contribution in [2.45, 2.75) is 45.7 Å². The minimum Gasteiger partial charge on any atom is -0.325 e. The largest absolute Gasteiger partial charge is 0.325 e. The first-order chi connectivity index (χ1) is 13.3. The van der Waals surface area contributed by atoms with Crippen LogP contribution in [0, 0.1) is 11.7 Å². The van der Waals surface area contributed by atoms with Crippen LogP contribution in [0.4, 0.5) is 4.39 Å². The van der Waals surface area contributed by atoms with Gasteiger partial charge >= 0.3 is 0 Å². The average Bonchev–Trinajstić information content (AvgIpc) is 3.01. The molecule has 3 atom stereocenters. The molecule has 3 aromatic rings. The molecular weight excluding hydrogens is 397 g/mol. The second-order valence-electron chi connectivity index (χ2n) is 7.93. The van der Waals surface area contributed by atoms with E-state index in [9.17, 15) is 9.18 Å². The lowest BCUT2D eigenvalue weighted by atomic mass is 9.89. The van der Waals surface area contributed by atoms with E-state index in [2.05, 4.69) is 11.9 Å². The molecule has 28 heavy (non-hydrogen) atoms. The highest BCUT2D eigenvalue weighted by atomic mass is 35.5. The third-order valence-electron chi connectivity index (χ3n) is 5.85. The Labute approximate surface area is 172 Å². The summed E-state index contributed by atoms with van der Waals surface area (Å²) in [6.07, 6.45) is 3.09. The van der Waals surface area contributed by atoms with Crippen LogP contribution in [-0.2, 0) is 19.4 Å². The van der Waals surface area contributed by atoms with Gasteiger partial charge in [0.25, 0.3) is 5.56 Å². The van der Waals surface area contributed by atoms with Crippen LogP contribution in [0.1, 0.15) is 48.1 Å². The lowest BCUT2D eigenvalue weighted by Crippen LogP contribution is -3.07. The van der Waals surface area contributed by atoms with Crippen molar-refractivity contribution in [3.63, 3.8) is 0 Å². The molecule has 1 aliphatic rings. The predicted molar refractivity (Wildman–Crippen MR) is 112 cm³/mol. The third-order valence-corrected chi connectivity index (χ3v) is 7.35. The maximum atomic E-state index is 14.1. The molecule has 0 fully saturated rings. The number of hydrogen-bond donors (Lipinski definition) is 2. The van der Waals surface area contributed by atoms with Crippen LogP contribution in [0.3, 0.4) is 0 Å². The fourth-order valence-corrected chi connectivity index (χ4v) is 5.56. The molecule has 2 aromatic heterocycles. The summed E-state index contributed by atoms with van der Waals surface area (Å²) in [6, 6.07) is 4.61. The molecule has 148 valence electrons. The molecule has 0 amide bonds. The highest BCUT2D eigenvalue weighted by molar-refractivity contribution is 7.18. The van der Waals surface area contributed by atoms with Crippen LogP contribution in [0.15, 0.2) is 23.0 Å². The maximum Gasteiger partial charge on any atom is 0.260 e. The number of aromatic nitrogens is 2. The molecule has 1 unspecified atom stereocenters. The molecule has 0 bridgehead atoms. The van der Waals surface area contributed by atoms with E-state index >= 15 is 0 Å². The number of H-pyrrole nitrogens is 1. The molecule has 7 heteroatoms. The van der Waals surface area contributed by atoms with E-state index < -0.39 is 0 Å². The van der Waals surface area contributed by atoms with Gasteiger partial charge in [0, 0.05) is 4.88 Å². The highest BCUT2D eigenvalue weighted by Crippen LogP contribution is 2.35. The molecule has 0 radical (unpaired) electrons. The number of nitrogens with one attached hydrogen (secondary N) is 2. The van der Waals surface area contributed by atoms with Gasteiger partial charge in [0.05, 0.1) is 23.0 Å². The number of aromatic amines is 1. The number of halogens is 2. The Bertz CT molecular complexity index is 1070. The number of aryl methyl sites for hydroxylation is 1. The van der Waals surface area contributed by atoms with Crippen molar-refractivity contribution in [2.75, 3.05) is 7.05 Å². The first-order valence-corrected chi connectivity index (χ1v) is 10.8. The molecule has 4 nitrogen and oxygen atoms in total. The van der Waals surface area contributed by atoms with Crippen LogP contribution < -0.4 is 10.5 Å². The van der Waals surface area contributed by atoms with E-state index in [0.717, 1.165) is 34.4 Å². The number of benzene rings is 1. The van der Waals surface area contributed by atoms with Crippen molar-refractivity contribution in [3.8, 4) is 0 Å². The fourth-order valence-electron chi connectivity index (χ4n) is 3.94. The van der Waals surface area contributed by atoms with Gasteiger partial charge < -0.3 is 9.88 Å². The Morgan fingerprint density at radius 2 is 2.25 bits per heavy atom. The van der Waals surface area contributed by atoms with E-state index in [1.807, 2.05) is 14.0 Å². The van der Waals surface area contributed by atoms with Crippen molar-refractivity contribution in [1.29, 1.82) is 0 Å². The van der Waals surface area contributed by atoms with Crippen LogP contribution in [-0.4, -0.2) is 17.0 Å². The average molecular weight is 421 g/mol. The van der Waals surface area contributed by atoms with E-state index in [4.69, 9.17) is 16.6 Å². The van der Waals surface area contributed by atoms with Gasteiger partial charge in [0.1, 0.15) is 23.2 Å². The van der Waals surface area contributed by atoms with Crippen molar-refractivity contribution < 1.29 is 9.29 Å². The fraction of sp³-hybridized carbons (Fsp3) is 0.429. The topological polar surface area (TPSA) is 50.2 Å². The quantitative estimate of drug-likeness (QED) is 0.676. The Morgan fingerprint density at radius 3 is 3.00 bits per heavy atom. The van der Waals surface area contributed by atoms with Crippen LogP contribution in [0.2, 0.25) is 5.02 Å². The predicted octanol–water partition coefficient (Wildman–Crippen LogP) is 3.68. The Hall–Kier alpha value is -1.76.